The highest BCUT2D eigenvalue weighted by molar-refractivity contribution is 9.10. The number of carbonyl (C=O) groups is 1. The summed E-state index contributed by atoms with van der Waals surface area (Å²) in [5.41, 5.74) is 5.88. The fourth-order valence-corrected chi connectivity index (χ4v) is 4.32. The molecule has 1 fully saturated rings. The second-order valence-electron chi connectivity index (χ2n) is 5.04. The van der Waals surface area contributed by atoms with Gasteiger partial charge in [0.25, 0.3) is 5.91 Å². The summed E-state index contributed by atoms with van der Waals surface area (Å²) in [5.74, 6) is 0.228. The molecule has 1 saturated carbocycles. The fourth-order valence-electron chi connectivity index (χ4n) is 1.86. The molecular weight excluding hydrogens is 372 g/mol. The molecule has 1 amide bonds. The molecule has 5 nitrogen and oxygen atoms in total. The van der Waals surface area contributed by atoms with E-state index in [2.05, 4.69) is 26.2 Å². The number of halogens is 1. The Hall–Kier alpha value is -1.12. The van der Waals surface area contributed by atoms with Crippen LogP contribution in [-0.2, 0) is 6.54 Å². The second kappa shape index (κ2) is 5.94. The summed E-state index contributed by atoms with van der Waals surface area (Å²) < 4.78 is 1.04. The van der Waals surface area contributed by atoms with Crippen molar-refractivity contribution in [3.63, 3.8) is 0 Å². The van der Waals surface area contributed by atoms with Crippen LogP contribution < -0.4 is 11.1 Å². The third kappa shape index (κ3) is 3.56. The Labute approximate surface area is 139 Å². The Morgan fingerprint density at radius 3 is 3.00 bits per heavy atom. The Balaban J connectivity index is 1.69. The summed E-state index contributed by atoms with van der Waals surface area (Å²) in [5, 5.41) is 6.02. The van der Waals surface area contributed by atoms with Gasteiger partial charge >= 0.3 is 0 Å². The van der Waals surface area contributed by atoms with Crippen molar-refractivity contribution in [1.29, 1.82) is 0 Å². The number of rotatable bonds is 5. The Kier molecular flexibility index (Phi) is 4.19. The summed E-state index contributed by atoms with van der Waals surface area (Å²) in [4.78, 5) is 20.0. The number of hydrogen-bond donors (Lipinski definition) is 2. The highest BCUT2D eigenvalue weighted by Crippen LogP contribution is 2.31. The van der Waals surface area contributed by atoms with Crippen LogP contribution in [0.4, 0.5) is 10.9 Å². The molecular formula is C13H15BrN4OS2. The maximum absolute atomic E-state index is 12.5. The van der Waals surface area contributed by atoms with Crippen LogP contribution >= 0.6 is 38.6 Å². The third-order valence-corrected chi connectivity index (χ3v) is 5.79. The summed E-state index contributed by atoms with van der Waals surface area (Å²) in [6, 6.07) is 2.52. The van der Waals surface area contributed by atoms with Crippen molar-refractivity contribution in [1.82, 2.24) is 9.88 Å². The van der Waals surface area contributed by atoms with E-state index < -0.39 is 0 Å². The topological polar surface area (TPSA) is 71.2 Å². The highest BCUT2D eigenvalue weighted by Gasteiger charge is 2.25. The number of thiophene rings is 1. The lowest BCUT2D eigenvalue weighted by Gasteiger charge is -2.15. The van der Waals surface area contributed by atoms with E-state index >= 15 is 0 Å². The molecule has 1 aliphatic rings. The predicted octanol–water partition coefficient (Wildman–Crippen LogP) is 3.40. The van der Waals surface area contributed by atoms with Gasteiger partial charge in [0, 0.05) is 27.8 Å². The molecule has 8 heteroatoms. The Morgan fingerprint density at radius 2 is 2.38 bits per heavy atom. The average molecular weight is 387 g/mol. The normalized spacial score (nSPS) is 14.2. The van der Waals surface area contributed by atoms with Gasteiger partial charge in [-0.15, -0.1) is 11.3 Å². The number of anilines is 2. The lowest BCUT2D eigenvalue weighted by atomic mass is 10.4. The van der Waals surface area contributed by atoms with E-state index in [1.54, 1.807) is 23.3 Å². The van der Waals surface area contributed by atoms with Crippen LogP contribution in [0.1, 0.15) is 27.4 Å². The van der Waals surface area contributed by atoms with Crippen LogP contribution in [0, 0.1) is 0 Å². The van der Waals surface area contributed by atoms with Crippen molar-refractivity contribution < 1.29 is 4.79 Å². The standard InChI is InChI=1S/C13H15BrN4OS2/c1-18(5-9-4-7(14)6-20-9)12(19)10-11(15)17-13(21-10)16-8-2-3-8/h4,6,8H,2-3,5,15H2,1H3,(H,16,17). The lowest BCUT2D eigenvalue weighted by Crippen LogP contribution is -2.25. The number of nitrogen functional groups attached to an aromatic ring is 1. The molecule has 3 N–H and O–H groups in total. The zero-order valence-electron chi connectivity index (χ0n) is 11.4. The molecule has 0 saturated heterocycles. The lowest BCUT2D eigenvalue weighted by molar-refractivity contribution is 0.0792. The molecule has 1 aliphatic carbocycles. The summed E-state index contributed by atoms with van der Waals surface area (Å²) >= 11 is 6.37. The molecule has 0 atom stereocenters. The summed E-state index contributed by atoms with van der Waals surface area (Å²) in [6.45, 7) is 0.567. The highest BCUT2D eigenvalue weighted by atomic mass is 79.9. The number of hydrogen-bond acceptors (Lipinski definition) is 6. The van der Waals surface area contributed by atoms with Gasteiger partial charge in [-0.3, -0.25) is 4.79 Å². The van der Waals surface area contributed by atoms with Gasteiger partial charge in [0.1, 0.15) is 10.7 Å². The Morgan fingerprint density at radius 1 is 1.62 bits per heavy atom. The third-order valence-electron chi connectivity index (χ3n) is 3.11. The monoisotopic (exact) mass is 386 g/mol. The van der Waals surface area contributed by atoms with Gasteiger partial charge in [0.05, 0.1) is 6.54 Å². The van der Waals surface area contributed by atoms with E-state index in [1.165, 1.54) is 11.3 Å². The fraction of sp³-hybridized carbons (Fsp3) is 0.385. The maximum atomic E-state index is 12.5. The molecule has 0 aliphatic heterocycles. The minimum Gasteiger partial charge on any atom is -0.382 e. The summed E-state index contributed by atoms with van der Waals surface area (Å²) in [7, 11) is 1.78. The second-order valence-corrected chi connectivity index (χ2v) is 7.95. The van der Waals surface area contributed by atoms with E-state index in [0.717, 1.165) is 27.3 Å². The van der Waals surface area contributed by atoms with Gasteiger partial charge in [-0.05, 0) is 34.8 Å². The van der Waals surface area contributed by atoms with E-state index in [-0.39, 0.29) is 5.91 Å². The van der Waals surface area contributed by atoms with E-state index in [1.807, 2.05) is 11.4 Å². The summed E-state index contributed by atoms with van der Waals surface area (Å²) in [6.07, 6.45) is 2.33. The number of nitrogens with two attached hydrogens (primary N) is 1. The first kappa shape index (κ1) is 14.8. The molecule has 0 unspecified atom stereocenters. The van der Waals surface area contributed by atoms with Crippen LogP contribution in [0.15, 0.2) is 15.9 Å². The van der Waals surface area contributed by atoms with E-state index in [0.29, 0.717) is 23.3 Å². The first-order valence-electron chi connectivity index (χ1n) is 6.54. The van der Waals surface area contributed by atoms with Gasteiger partial charge in [-0.2, -0.15) is 0 Å². The van der Waals surface area contributed by atoms with Crippen molar-refractivity contribution in [2.24, 2.45) is 0 Å². The number of nitrogens with zero attached hydrogens (tertiary/aromatic N) is 2. The molecule has 0 spiro atoms. The number of thiazole rings is 1. The molecule has 2 aromatic heterocycles. The van der Waals surface area contributed by atoms with Crippen molar-refractivity contribution >= 4 is 55.5 Å². The predicted molar refractivity (Wildman–Crippen MR) is 91.0 cm³/mol. The van der Waals surface area contributed by atoms with Crippen molar-refractivity contribution in [3.05, 3.63) is 25.7 Å². The number of aromatic nitrogens is 1. The van der Waals surface area contributed by atoms with Crippen LogP contribution in [0.3, 0.4) is 0 Å². The zero-order valence-corrected chi connectivity index (χ0v) is 14.6. The average Bonchev–Trinajstić information content (AvgIpc) is 3.04. The van der Waals surface area contributed by atoms with Gasteiger partial charge < -0.3 is 16.0 Å². The molecule has 3 rings (SSSR count). The van der Waals surface area contributed by atoms with E-state index in [9.17, 15) is 4.79 Å². The largest absolute Gasteiger partial charge is 0.382 e. The number of nitrogens with one attached hydrogen (secondary N) is 1. The Bertz CT molecular complexity index is 665. The first-order chi connectivity index (χ1) is 10.0. The van der Waals surface area contributed by atoms with Crippen LogP contribution in [0.2, 0.25) is 0 Å². The van der Waals surface area contributed by atoms with E-state index in [4.69, 9.17) is 5.73 Å². The van der Waals surface area contributed by atoms with Gasteiger partial charge in [-0.25, -0.2) is 4.98 Å². The molecule has 0 bridgehead atoms. The molecule has 2 heterocycles. The van der Waals surface area contributed by atoms with Crippen molar-refractivity contribution in [3.8, 4) is 0 Å². The minimum atomic E-state index is -0.0848. The van der Waals surface area contributed by atoms with Gasteiger partial charge in [-0.1, -0.05) is 11.3 Å². The smallest absolute Gasteiger partial charge is 0.267 e. The maximum Gasteiger partial charge on any atom is 0.267 e. The van der Waals surface area contributed by atoms with Crippen molar-refractivity contribution in [2.75, 3.05) is 18.1 Å². The molecule has 0 aromatic carbocycles. The van der Waals surface area contributed by atoms with Crippen LogP contribution in [0.5, 0.6) is 0 Å². The quantitative estimate of drug-likeness (QED) is 0.825. The molecule has 21 heavy (non-hydrogen) atoms. The molecule has 112 valence electrons. The SMILES string of the molecule is CN(Cc1cc(Br)cs1)C(=O)c1sc(NC2CC2)nc1N. The molecule has 2 aromatic rings. The minimum absolute atomic E-state index is 0.0848. The number of carbonyl (C=O) groups excluding carboxylic acids is 1. The van der Waals surface area contributed by atoms with Gasteiger partial charge in [0.15, 0.2) is 5.13 Å². The molecule has 0 radical (unpaired) electrons. The van der Waals surface area contributed by atoms with Crippen molar-refractivity contribution in [2.45, 2.75) is 25.4 Å². The number of amides is 1. The zero-order chi connectivity index (χ0) is 15.0. The van der Waals surface area contributed by atoms with Crippen LogP contribution in [-0.4, -0.2) is 28.9 Å². The van der Waals surface area contributed by atoms with Crippen LogP contribution in [0.25, 0.3) is 0 Å². The first-order valence-corrected chi connectivity index (χ1v) is 9.03. The van der Waals surface area contributed by atoms with Gasteiger partial charge in [0.2, 0.25) is 0 Å².